The Morgan fingerprint density at radius 1 is 1.21 bits per heavy atom. The number of carbonyl (C=O) groups is 2. The highest BCUT2D eigenvalue weighted by atomic mass is 32.2. The smallest absolute Gasteiger partial charge is 0.338 e. The van der Waals surface area contributed by atoms with Crippen molar-refractivity contribution in [3.05, 3.63) is 54.0 Å². The first-order chi connectivity index (χ1) is 13.3. The highest BCUT2D eigenvalue weighted by molar-refractivity contribution is 7.89. The first kappa shape index (κ1) is 20.1. The van der Waals surface area contributed by atoms with Crippen LogP contribution in [0.2, 0.25) is 0 Å². The lowest BCUT2D eigenvalue weighted by atomic mass is 10.2. The van der Waals surface area contributed by atoms with E-state index < -0.39 is 16.0 Å². The SMILES string of the molecule is C[C@@H](NC(=O)COC(=O)c1ccc(S(=O)(=O)NCc2ccco2)cc1)C1CC1. The molecule has 0 saturated heterocycles. The van der Waals surface area contributed by atoms with E-state index >= 15 is 0 Å². The zero-order valence-electron chi connectivity index (χ0n) is 15.4. The van der Waals surface area contributed by atoms with E-state index in [1.165, 1.54) is 30.5 Å². The van der Waals surface area contributed by atoms with Crippen LogP contribution in [0.3, 0.4) is 0 Å². The third-order valence-electron chi connectivity index (χ3n) is 4.47. The Kier molecular flexibility index (Phi) is 6.15. The number of amides is 1. The maximum absolute atomic E-state index is 12.3. The molecule has 1 fully saturated rings. The molecule has 1 atom stereocenters. The Morgan fingerprint density at radius 2 is 1.93 bits per heavy atom. The van der Waals surface area contributed by atoms with Gasteiger partial charge in [0.2, 0.25) is 10.0 Å². The van der Waals surface area contributed by atoms with Crippen molar-refractivity contribution in [3.8, 4) is 0 Å². The number of ether oxygens (including phenoxy) is 1. The van der Waals surface area contributed by atoms with Crippen LogP contribution in [-0.4, -0.2) is 32.9 Å². The highest BCUT2D eigenvalue weighted by Crippen LogP contribution is 2.32. The Morgan fingerprint density at radius 3 is 2.54 bits per heavy atom. The van der Waals surface area contributed by atoms with Crippen molar-refractivity contribution < 1.29 is 27.2 Å². The predicted molar refractivity (Wildman–Crippen MR) is 99.8 cm³/mol. The number of furan rings is 1. The molecule has 1 aliphatic carbocycles. The first-order valence-corrected chi connectivity index (χ1v) is 10.4. The fourth-order valence-corrected chi connectivity index (χ4v) is 3.65. The third-order valence-corrected chi connectivity index (χ3v) is 5.89. The minimum absolute atomic E-state index is 0.00612. The number of benzene rings is 1. The maximum atomic E-state index is 12.3. The summed E-state index contributed by atoms with van der Waals surface area (Å²) in [5, 5.41) is 2.79. The summed E-state index contributed by atoms with van der Waals surface area (Å²) < 4.78 is 37.0. The monoisotopic (exact) mass is 406 g/mol. The molecule has 1 aromatic carbocycles. The van der Waals surface area contributed by atoms with E-state index in [9.17, 15) is 18.0 Å². The second-order valence-corrected chi connectivity index (χ2v) is 8.46. The lowest BCUT2D eigenvalue weighted by molar-refractivity contribution is -0.124. The van der Waals surface area contributed by atoms with Gasteiger partial charge in [0.1, 0.15) is 5.76 Å². The van der Waals surface area contributed by atoms with Crippen LogP contribution in [0.1, 0.15) is 35.9 Å². The molecule has 1 amide bonds. The number of esters is 1. The van der Waals surface area contributed by atoms with Crippen molar-refractivity contribution in [1.82, 2.24) is 10.0 Å². The van der Waals surface area contributed by atoms with Gasteiger partial charge < -0.3 is 14.5 Å². The lowest BCUT2D eigenvalue weighted by Crippen LogP contribution is -2.37. The molecule has 2 aromatic rings. The van der Waals surface area contributed by atoms with Gasteiger partial charge in [0.15, 0.2) is 6.61 Å². The molecular weight excluding hydrogens is 384 g/mol. The van der Waals surface area contributed by atoms with Gasteiger partial charge in [0.25, 0.3) is 5.91 Å². The number of hydrogen-bond acceptors (Lipinski definition) is 6. The van der Waals surface area contributed by atoms with E-state index in [1.54, 1.807) is 12.1 Å². The molecule has 1 aliphatic rings. The van der Waals surface area contributed by atoms with Gasteiger partial charge in [-0.05, 0) is 62.1 Å². The molecular formula is C19H22N2O6S. The lowest BCUT2D eigenvalue weighted by Gasteiger charge is -2.12. The van der Waals surface area contributed by atoms with Gasteiger partial charge in [-0.3, -0.25) is 4.79 Å². The van der Waals surface area contributed by atoms with Crippen molar-refractivity contribution in [1.29, 1.82) is 0 Å². The number of hydrogen-bond donors (Lipinski definition) is 2. The summed E-state index contributed by atoms with van der Waals surface area (Å²) in [5.41, 5.74) is 0.160. The molecule has 3 rings (SSSR count). The van der Waals surface area contributed by atoms with E-state index in [-0.39, 0.29) is 35.6 Å². The fraction of sp³-hybridized carbons (Fsp3) is 0.368. The normalized spacial score (nSPS) is 15.0. The van der Waals surface area contributed by atoms with Crippen LogP contribution in [0.15, 0.2) is 52.0 Å². The predicted octanol–water partition coefficient (Wildman–Crippen LogP) is 1.83. The van der Waals surface area contributed by atoms with Gasteiger partial charge in [-0.15, -0.1) is 0 Å². The summed E-state index contributed by atoms with van der Waals surface area (Å²) in [4.78, 5) is 23.8. The molecule has 0 unspecified atom stereocenters. The molecule has 0 spiro atoms. The summed E-state index contributed by atoms with van der Waals surface area (Å²) >= 11 is 0. The van der Waals surface area contributed by atoms with Crippen molar-refractivity contribution in [3.63, 3.8) is 0 Å². The van der Waals surface area contributed by atoms with Crippen molar-refractivity contribution in [2.24, 2.45) is 5.92 Å². The molecule has 1 aromatic heterocycles. The van der Waals surface area contributed by atoms with Crippen LogP contribution < -0.4 is 10.0 Å². The minimum Gasteiger partial charge on any atom is -0.468 e. The van der Waals surface area contributed by atoms with Gasteiger partial charge in [0, 0.05) is 6.04 Å². The zero-order valence-corrected chi connectivity index (χ0v) is 16.2. The molecule has 2 N–H and O–H groups in total. The van der Waals surface area contributed by atoms with Crippen molar-refractivity contribution >= 4 is 21.9 Å². The van der Waals surface area contributed by atoms with Crippen LogP contribution >= 0.6 is 0 Å². The van der Waals surface area contributed by atoms with E-state index in [0.29, 0.717) is 11.7 Å². The third kappa shape index (κ3) is 5.43. The molecule has 150 valence electrons. The highest BCUT2D eigenvalue weighted by Gasteiger charge is 2.29. The summed E-state index contributed by atoms with van der Waals surface area (Å²) in [6, 6.07) is 8.68. The minimum atomic E-state index is -3.75. The molecule has 1 saturated carbocycles. The Balaban J connectivity index is 1.51. The average Bonchev–Trinajstić information content (AvgIpc) is 3.41. The van der Waals surface area contributed by atoms with Crippen LogP contribution in [-0.2, 0) is 26.1 Å². The van der Waals surface area contributed by atoms with Crippen molar-refractivity contribution in [2.75, 3.05) is 6.61 Å². The molecule has 0 aliphatic heterocycles. The average molecular weight is 406 g/mol. The topological polar surface area (TPSA) is 115 Å². The maximum Gasteiger partial charge on any atom is 0.338 e. The fourth-order valence-electron chi connectivity index (χ4n) is 2.66. The molecule has 1 heterocycles. The summed E-state index contributed by atoms with van der Waals surface area (Å²) in [5.74, 6) is -0.0515. The van der Waals surface area contributed by atoms with Gasteiger partial charge in [-0.1, -0.05) is 0 Å². The molecule has 8 nitrogen and oxygen atoms in total. The largest absolute Gasteiger partial charge is 0.468 e. The van der Waals surface area contributed by atoms with Crippen LogP contribution in [0, 0.1) is 5.92 Å². The molecule has 28 heavy (non-hydrogen) atoms. The first-order valence-electron chi connectivity index (χ1n) is 8.94. The summed E-state index contributed by atoms with van der Waals surface area (Å²) in [7, 11) is -3.75. The zero-order chi connectivity index (χ0) is 20.1. The Bertz CT molecular complexity index is 918. The number of carbonyl (C=O) groups excluding carboxylic acids is 2. The summed E-state index contributed by atoms with van der Waals surface area (Å²) in [6.07, 6.45) is 3.66. The second-order valence-electron chi connectivity index (χ2n) is 6.70. The van der Waals surface area contributed by atoms with E-state index in [0.717, 1.165) is 12.8 Å². The van der Waals surface area contributed by atoms with E-state index in [1.807, 2.05) is 6.92 Å². The molecule has 0 radical (unpaired) electrons. The van der Waals surface area contributed by atoms with Gasteiger partial charge in [-0.25, -0.2) is 17.9 Å². The number of rotatable bonds is 9. The van der Waals surface area contributed by atoms with Crippen LogP contribution in [0.5, 0.6) is 0 Å². The standard InChI is InChI=1S/C19H22N2O6S/c1-13(14-4-5-14)21-18(22)12-27-19(23)15-6-8-17(9-7-15)28(24,25)20-11-16-3-2-10-26-16/h2-3,6-10,13-14,20H,4-5,11-12H2,1H3,(H,21,22)/t13-/m1/s1. The van der Waals surface area contributed by atoms with Crippen LogP contribution in [0.4, 0.5) is 0 Å². The van der Waals surface area contributed by atoms with Crippen molar-refractivity contribution in [2.45, 2.75) is 37.2 Å². The van der Waals surface area contributed by atoms with Gasteiger partial charge in [-0.2, -0.15) is 0 Å². The van der Waals surface area contributed by atoms with E-state index in [2.05, 4.69) is 10.0 Å². The second kappa shape index (κ2) is 8.57. The Labute approximate surface area is 163 Å². The van der Waals surface area contributed by atoms with E-state index in [4.69, 9.17) is 9.15 Å². The molecule has 9 heteroatoms. The van der Waals surface area contributed by atoms with Gasteiger partial charge >= 0.3 is 5.97 Å². The Hall–Kier alpha value is -2.65. The number of nitrogens with one attached hydrogen (secondary N) is 2. The van der Waals surface area contributed by atoms with Crippen LogP contribution in [0.25, 0.3) is 0 Å². The van der Waals surface area contributed by atoms with Gasteiger partial charge in [0.05, 0.1) is 23.3 Å². The quantitative estimate of drug-likeness (QED) is 0.614. The number of sulfonamides is 1. The summed E-state index contributed by atoms with van der Waals surface area (Å²) in [6.45, 7) is 1.57. The molecule has 0 bridgehead atoms.